The molecular weight excluding hydrogens is 312 g/mol. The number of esters is 1. The highest BCUT2D eigenvalue weighted by Gasteiger charge is 2.19. The number of nitrogens with one attached hydrogen (secondary N) is 1. The molecule has 1 aliphatic rings. The highest BCUT2D eigenvalue weighted by molar-refractivity contribution is 5.95. The second-order valence-electron chi connectivity index (χ2n) is 5.89. The summed E-state index contributed by atoms with van der Waals surface area (Å²) in [6.45, 7) is 3.09. The summed E-state index contributed by atoms with van der Waals surface area (Å²) in [6.07, 6.45) is 6.10. The molecule has 0 saturated carbocycles. The minimum Gasteiger partial charge on any atom is -0.456 e. The Kier molecular flexibility index (Phi) is 5.68. The van der Waals surface area contributed by atoms with Crippen LogP contribution in [0.5, 0.6) is 0 Å². The van der Waals surface area contributed by atoms with E-state index < -0.39 is 23.4 Å². The van der Waals surface area contributed by atoms with Gasteiger partial charge in [0.1, 0.15) is 5.69 Å². The standard InChI is InChI=1S/C17H20N2O5/c1-11-7-14(15(19(22)23)8-12(11)2)18-16(20)10-24-17(21)9-13-5-3-4-6-13/h3,5,7-8,13H,4,6,9-10H2,1-2H3,(H,18,20)/t13-/m1/s1. The molecule has 24 heavy (non-hydrogen) atoms. The quantitative estimate of drug-likeness (QED) is 0.373. The molecule has 0 bridgehead atoms. The van der Waals surface area contributed by atoms with Gasteiger partial charge in [-0.05, 0) is 49.8 Å². The van der Waals surface area contributed by atoms with Crippen molar-refractivity contribution < 1.29 is 19.2 Å². The summed E-state index contributed by atoms with van der Waals surface area (Å²) in [4.78, 5) is 34.1. The number of amides is 1. The Bertz CT molecular complexity index is 696. The molecule has 1 aromatic rings. The second kappa shape index (κ2) is 7.72. The molecule has 0 aromatic heterocycles. The maximum Gasteiger partial charge on any atom is 0.306 e. The first-order valence-electron chi connectivity index (χ1n) is 7.74. The summed E-state index contributed by atoms with van der Waals surface area (Å²) in [5, 5.41) is 13.5. The van der Waals surface area contributed by atoms with Crippen LogP contribution in [0.3, 0.4) is 0 Å². The zero-order valence-corrected chi connectivity index (χ0v) is 13.7. The van der Waals surface area contributed by atoms with Gasteiger partial charge in [0.25, 0.3) is 11.6 Å². The molecule has 0 radical (unpaired) electrons. The van der Waals surface area contributed by atoms with Gasteiger partial charge in [0.2, 0.25) is 0 Å². The number of nitrogens with zero attached hydrogens (tertiary/aromatic N) is 1. The van der Waals surface area contributed by atoms with E-state index in [1.807, 2.05) is 12.2 Å². The Labute approximate surface area is 139 Å². The van der Waals surface area contributed by atoms with E-state index in [0.717, 1.165) is 24.0 Å². The highest BCUT2D eigenvalue weighted by atomic mass is 16.6. The zero-order chi connectivity index (χ0) is 17.7. The van der Waals surface area contributed by atoms with E-state index in [2.05, 4.69) is 5.32 Å². The first-order valence-corrected chi connectivity index (χ1v) is 7.74. The lowest BCUT2D eigenvalue weighted by Crippen LogP contribution is -2.22. The van der Waals surface area contributed by atoms with Crippen LogP contribution in [0, 0.1) is 29.9 Å². The Balaban J connectivity index is 1.92. The number of nitro benzene ring substituents is 1. The number of ether oxygens (including phenoxy) is 1. The molecular formula is C17H20N2O5. The first-order chi connectivity index (χ1) is 11.4. The van der Waals surface area contributed by atoms with Gasteiger partial charge in [-0.3, -0.25) is 19.7 Å². The van der Waals surface area contributed by atoms with Crippen LogP contribution in [0.4, 0.5) is 11.4 Å². The Morgan fingerprint density at radius 1 is 1.33 bits per heavy atom. The number of aryl methyl sites for hydroxylation is 2. The molecule has 0 unspecified atom stereocenters. The number of carbonyl (C=O) groups excluding carboxylic acids is 2. The number of hydrogen-bond donors (Lipinski definition) is 1. The second-order valence-corrected chi connectivity index (χ2v) is 5.89. The molecule has 1 aromatic carbocycles. The molecule has 7 heteroatoms. The molecule has 0 saturated heterocycles. The van der Waals surface area contributed by atoms with Crippen molar-refractivity contribution in [2.24, 2.45) is 5.92 Å². The van der Waals surface area contributed by atoms with Crippen molar-refractivity contribution in [2.45, 2.75) is 33.1 Å². The van der Waals surface area contributed by atoms with E-state index in [4.69, 9.17) is 4.74 Å². The topological polar surface area (TPSA) is 98.5 Å². The van der Waals surface area contributed by atoms with Crippen LogP contribution in [-0.4, -0.2) is 23.4 Å². The van der Waals surface area contributed by atoms with Crippen molar-refractivity contribution >= 4 is 23.3 Å². The predicted molar refractivity (Wildman–Crippen MR) is 88.6 cm³/mol. The van der Waals surface area contributed by atoms with Gasteiger partial charge in [0.05, 0.1) is 11.3 Å². The summed E-state index contributed by atoms with van der Waals surface area (Å²) in [6, 6.07) is 2.94. The van der Waals surface area contributed by atoms with E-state index in [0.29, 0.717) is 0 Å². The fourth-order valence-corrected chi connectivity index (χ4v) is 2.52. The van der Waals surface area contributed by atoms with E-state index >= 15 is 0 Å². The van der Waals surface area contributed by atoms with Crippen molar-refractivity contribution in [2.75, 3.05) is 11.9 Å². The third-order valence-corrected chi connectivity index (χ3v) is 3.99. The Morgan fingerprint density at radius 3 is 2.67 bits per heavy atom. The van der Waals surface area contributed by atoms with Gasteiger partial charge >= 0.3 is 5.97 Å². The molecule has 0 spiro atoms. The third kappa shape index (κ3) is 4.65. The lowest BCUT2D eigenvalue weighted by atomic mass is 10.1. The van der Waals surface area contributed by atoms with Gasteiger partial charge in [0.15, 0.2) is 6.61 Å². The number of rotatable bonds is 6. The number of hydrogen-bond acceptors (Lipinski definition) is 5. The fraction of sp³-hybridized carbons (Fsp3) is 0.412. The molecule has 2 rings (SSSR count). The number of anilines is 1. The van der Waals surface area contributed by atoms with Gasteiger partial charge in [-0.2, -0.15) is 0 Å². The molecule has 0 fully saturated rings. The summed E-state index contributed by atoms with van der Waals surface area (Å²) in [5.74, 6) is -0.880. The third-order valence-electron chi connectivity index (χ3n) is 3.99. The van der Waals surface area contributed by atoms with Crippen LogP contribution in [0.1, 0.15) is 30.4 Å². The molecule has 0 heterocycles. The largest absolute Gasteiger partial charge is 0.456 e. The van der Waals surface area contributed by atoms with Crippen molar-refractivity contribution in [3.8, 4) is 0 Å². The van der Waals surface area contributed by atoms with Crippen molar-refractivity contribution in [1.29, 1.82) is 0 Å². The maximum absolute atomic E-state index is 11.9. The number of allylic oxidation sites excluding steroid dienone is 2. The summed E-state index contributed by atoms with van der Waals surface area (Å²) in [5.41, 5.74) is 1.49. The monoisotopic (exact) mass is 332 g/mol. The molecule has 7 nitrogen and oxygen atoms in total. The first kappa shape index (κ1) is 17.7. The highest BCUT2D eigenvalue weighted by Crippen LogP contribution is 2.28. The normalized spacial score (nSPS) is 16.0. The van der Waals surface area contributed by atoms with Crippen LogP contribution < -0.4 is 5.32 Å². The average Bonchev–Trinajstić information content (AvgIpc) is 3.01. The van der Waals surface area contributed by atoms with Crippen LogP contribution >= 0.6 is 0 Å². The van der Waals surface area contributed by atoms with Crippen LogP contribution in [0.25, 0.3) is 0 Å². The molecule has 128 valence electrons. The smallest absolute Gasteiger partial charge is 0.306 e. The summed E-state index contributed by atoms with van der Waals surface area (Å²) in [7, 11) is 0. The predicted octanol–water partition coefficient (Wildman–Crippen LogP) is 3.05. The Morgan fingerprint density at radius 2 is 2.04 bits per heavy atom. The van der Waals surface area contributed by atoms with E-state index in [1.54, 1.807) is 13.8 Å². The van der Waals surface area contributed by atoms with Crippen molar-refractivity contribution in [1.82, 2.24) is 0 Å². The van der Waals surface area contributed by atoms with Gasteiger partial charge in [-0.25, -0.2) is 0 Å². The van der Waals surface area contributed by atoms with Crippen LogP contribution in [0.2, 0.25) is 0 Å². The molecule has 1 N–H and O–H groups in total. The van der Waals surface area contributed by atoms with Gasteiger partial charge in [-0.1, -0.05) is 12.2 Å². The number of carbonyl (C=O) groups is 2. The molecule has 1 amide bonds. The van der Waals surface area contributed by atoms with E-state index in [-0.39, 0.29) is 23.7 Å². The van der Waals surface area contributed by atoms with Crippen LogP contribution in [0.15, 0.2) is 24.3 Å². The summed E-state index contributed by atoms with van der Waals surface area (Å²) >= 11 is 0. The molecule has 0 aliphatic heterocycles. The minimum absolute atomic E-state index is 0.0999. The maximum atomic E-state index is 11.9. The lowest BCUT2D eigenvalue weighted by Gasteiger charge is -2.10. The van der Waals surface area contributed by atoms with E-state index in [1.165, 1.54) is 12.1 Å². The van der Waals surface area contributed by atoms with Gasteiger partial charge in [-0.15, -0.1) is 0 Å². The lowest BCUT2D eigenvalue weighted by molar-refractivity contribution is -0.384. The zero-order valence-electron chi connectivity index (χ0n) is 13.7. The van der Waals surface area contributed by atoms with Gasteiger partial charge in [0, 0.05) is 6.07 Å². The van der Waals surface area contributed by atoms with E-state index in [9.17, 15) is 19.7 Å². The van der Waals surface area contributed by atoms with Gasteiger partial charge < -0.3 is 10.1 Å². The molecule has 1 aliphatic carbocycles. The number of nitro groups is 1. The Hall–Kier alpha value is -2.70. The SMILES string of the molecule is Cc1cc(NC(=O)COC(=O)C[C@@H]2C=CCC2)c([N+](=O)[O-])cc1C. The van der Waals surface area contributed by atoms with Crippen molar-refractivity contribution in [3.05, 3.63) is 45.5 Å². The summed E-state index contributed by atoms with van der Waals surface area (Å²) < 4.78 is 4.94. The fourth-order valence-electron chi connectivity index (χ4n) is 2.52. The average molecular weight is 332 g/mol. The van der Waals surface area contributed by atoms with Crippen LogP contribution in [-0.2, 0) is 14.3 Å². The van der Waals surface area contributed by atoms with Crippen molar-refractivity contribution in [3.63, 3.8) is 0 Å². The number of benzene rings is 1. The molecule has 1 atom stereocenters. The minimum atomic E-state index is -0.600.